The molecular formula is C19H20N2O3. The van der Waals surface area contributed by atoms with Crippen molar-refractivity contribution in [3.63, 3.8) is 0 Å². The molecule has 124 valence electrons. The van der Waals surface area contributed by atoms with E-state index in [9.17, 15) is 4.79 Å². The molecule has 0 unspecified atom stereocenters. The van der Waals surface area contributed by atoms with Crippen molar-refractivity contribution in [2.75, 3.05) is 0 Å². The highest BCUT2D eigenvalue weighted by Crippen LogP contribution is 2.25. The molecule has 3 rings (SSSR count). The van der Waals surface area contributed by atoms with Crippen molar-refractivity contribution in [3.8, 4) is 5.75 Å². The Morgan fingerprint density at radius 3 is 2.75 bits per heavy atom. The van der Waals surface area contributed by atoms with E-state index in [1.165, 1.54) is 0 Å². The van der Waals surface area contributed by atoms with Gasteiger partial charge in [0.1, 0.15) is 18.4 Å². The first-order valence-corrected chi connectivity index (χ1v) is 7.88. The summed E-state index contributed by atoms with van der Waals surface area (Å²) in [6.45, 7) is 0.510. The number of aliphatic carboxylic acids is 1. The van der Waals surface area contributed by atoms with Gasteiger partial charge in [0, 0.05) is 17.1 Å². The zero-order valence-electron chi connectivity index (χ0n) is 13.2. The van der Waals surface area contributed by atoms with Crippen LogP contribution >= 0.6 is 0 Å². The first-order valence-electron chi connectivity index (χ1n) is 7.88. The van der Waals surface area contributed by atoms with Crippen LogP contribution in [-0.4, -0.2) is 22.1 Å². The highest BCUT2D eigenvalue weighted by Gasteiger charge is 2.13. The van der Waals surface area contributed by atoms with Gasteiger partial charge in [0.15, 0.2) is 0 Å². The zero-order valence-corrected chi connectivity index (χ0v) is 13.2. The van der Waals surface area contributed by atoms with Crippen LogP contribution < -0.4 is 10.5 Å². The first kappa shape index (κ1) is 16.1. The number of nitrogens with one attached hydrogen (secondary N) is 1. The molecule has 2 aromatic carbocycles. The van der Waals surface area contributed by atoms with E-state index < -0.39 is 12.0 Å². The van der Waals surface area contributed by atoms with E-state index in [0.717, 1.165) is 27.8 Å². The number of nitrogens with two attached hydrogens (primary N) is 1. The lowest BCUT2D eigenvalue weighted by molar-refractivity contribution is -0.138. The Morgan fingerprint density at radius 2 is 2.00 bits per heavy atom. The molecule has 0 bridgehead atoms. The minimum absolute atomic E-state index is 0.400. The number of rotatable bonds is 7. The van der Waals surface area contributed by atoms with Crippen LogP contribution in [-0.2, 0) is 17.8 Å². The summed E-state index contributed by atoms with van der Waals surface area (Å²) >= 11 is 0. The fraction of sp³-hybridized carbons (Fsp3) is 0.211. The second-order valence-corrected chi connectivity index (χ2v) is 5.78. The molecule has 0 saturated carbocycles. The molecule has 4 N–H and O–H groups in total. The van der Waals surface area contributed by atoms with Crippen molar-refractivity contribution in [2.45, 2.75) is 25.5 Å². The van der Waals surface area contributed by atoms with E-state index in [1.54, 1.807) is 0 Å². The summed E-state index contributed by atoms with van der Waals surface area (Å²) in [5.41, 5.74) is 8.74. The average molecular weight is 324 g/mol. The minimum Gasteiger partial charge on any atom is -0.489 e. The summed E-state index contributed by atoms with van der Waals surface area (Å²) in [5.74, 6) is -0.184. The largest absolute Gasteiger partial charge is 0.489 e. The second-order valence-electron chi connectivity index (χ2n) is 5.78. The number of aryl methyl sites for hydroxylation is 1. The highest BCUT2D eigenvalue weighted by atomic mass is 16.5. The zero-order chi connectivity index (χ0) is 16.9. The van der Waals surface area contributed by atoms with Crippen LogP contribution in [0.3, 0.4) is 0 Å². The molecule has 0 amide bonds. The predicted octanol–water partition coefficient (Wildman–Crippen LogP) is 3.09. The van der Waals surface area contributed by atoms with E-state index in [1.807, 2.05) is 54.7 Å². The molecule has 1 aromatic heterocycles. The van der Waals surface area contributed by atoms with Gasteiger partial charge >= 0.3 is 5.97 Å². The molecule has 1 atom stereocenters. The number of H-pyrrole nitrogens is 1. The van der Waals surface area contributed by atoms with Crippen molar-refractivity contribution < 1.29 is 14.6 Å². The average Bonchev–Trinajstić information content (AvgIpc) is 3.01. The summed E-state index contributed by atoms with van der Waals surface area (Å²) in [7, 11) is 0. The third-order valence-corrected chi connectivity index (χ3v) is 4.03. The van der Waals surface area contributed by atoms with Crippen LogP contribution in [0.2, 0.25) is 0 Å². The number of aromatic amines is 1. The highest BCUT2D eigenvalue weighted by molar-refractivity contribution is 5.84. The maximum atomic E-state index is 10.8. The maximum Gasteiger partial charge on any atom is 0.320 e. The Labute approximate surface area is 140 Å². The number of carboxylic acids is 1. The Morgan fingerprint density at radius 1 is 1.21 bits per heavy atom. The van der Waals surface area contributed by atoms with Crippen molar-refractivity contribution in [3.05, 3.63) is 65.9 Å². The lowest BCUT2D eigenvalue weighted by Gasteiger charge is -2.08. The standard InChI is InChI=1S/C19H20N2O3/c20-17(19(22)23)8-6-14-11-21-18-9-7-15(10-16(14)18)24-12-13-4-2-1-3-5-13/h1-5,7,9-11,17,21H,6,8,12,20H2,(H,22,23)/t17-/m0/s1. The Bertz CT molecular complexity index is 827. The summed E-state index contributed by atoms with van der Waals surface area (Å²) in [5, 5.41) is 9.93. The molecule has 0 saturated heterocycles. The summed E-state index contributed by atoms with van der Waals surface area (Å²) in [6, 6.07) is 15.0. The molecule has 5 nitrogen and oxygen atoms in total. The van der Waals surface area contributed by atoms with Crippen molar-refractivity contribution >= 4 is 16.9 Å². The first-order chi connectivity index (χ1) is 11.6. The van der Waals surface area contributed by atoms with E-state index in [0.29, 0.717) is 19.4 Å². The number of carbonyl (C=O) groups is 1. The van der Waals surface area contributed by atoms with Gasteiger partial charge < -0.3 is 20.6 Å². The fourth-order valence-corrected chi connectivity index (χ4v) is 2.63. The Balaban J connectivity index is 1.72. The van der Waals surface area contributed by atoms with Crippen LogP contribution in [0.4, 0.5) is 0 Å². The number of benzene rings is 2. The van der Waals surface area contributed by atoms with Gasteiger partial charge in [-0.3, -0.25) is 4.79 Å². The maximum absolute atomic E-state index is 10.8. The van der Waals surface area contributed by atoms with Gasteiger partial charge in [0.05, 0.1) is 0 Å². The third-order valence-electron chi connectivity index (χ3n) is 4.03. The number of carboxylic acid groups (broad SMARTS) is 1. The van der Waals surface area contributed by atoms with Gasteiger partial charge in [-0.2, -0.15) is 0 Å². The smallest absolute Gasteiger partial charge is 0.320 e. The normalized spacial score (nSPS) is 12.2. The number of hydrogen-bond donors (Lipinski definition) is 3. The van der Waals surface area contributed by atoms with Gasteiger partial charge in [0.25, 0.3) is 0 Å². The SMILES string of the molecule is N[C@@H](CCc1c[nH]c2ccc(OCc3ccccc3)cc12)C(=O)O. The summed E-state index contributed by atoms with van der Waals surface area (Å²) in [6.07, 6.45) is 2.91. The molecule has 3 aromatic rings. The van der Waals surface area contributed by atoms with Crippen LogP contribution in [0.1, 0.15) is 17.5 Å². The third kappa shape index (κ3) is 3.75. The van der Waals surface area contributed by atoms with E-state index in [2.05, 4.69) is 4.98 Å². The molecule has 0 aliphatic heterocycles. The van der Waals surface area contributed by atoms with E-state index in [-0.39, 0.29) is 0 Å². The van der Waals surface area contributed by atoms with Gasteiger partial charge in [-0.15, -0.1) is 0 Å². The van der Waals surface area contributed by atoms with Gasteiger partial charge in [-0.05, 0) is 42.2 Å². The molecule has 0 aliphatic carbocycles. The van der Waals surface area contributed by atoms with Gasteiger partial charge in [0.2, 0.25) is 0 Å². The van der Waals surface area contributed by atoms with Gasteiger partial charge in [-0.1, -0.05) is 30.3 Å². The van der Waals surface area contributed by atoms with Gasteiger partial charge in [-0.25, -0.2) is 0 Å². The predicted molar refractivity (Wildman–Crippen MR) is 93.0 cm³/mol. The number of ether oxygens (including phenoxy) is 1. The quantitative estimate of drug-likeness (QED) is 0.623. The molecule has 0 aliphatic rings. The summed E-state index contributed by atoms with van der Waals surface area (Å²) in [4.78, 5) is 14.0. The van der Waals surface area contributed by atoms with Crippen LogP contribution in [0.25, 0.3) is 10.9 Å². The molecule has 5 heteroatoms. The number of fused-ring (bicyclic) bond motifs is 1. The minimum atomic E-state index is -0.971. The summed E-state index contributed by atoms with van der Waals surface area (Å²) < 4.78 is 5.86. The topological polar surface area (TPSA) is 88.3 Å². The molecule has 0 spiro atoms. The number of aromatic nitrogens is 1. The van der Waals surface area contributed by atoms with Crippen LogP contribution in [0, 0.1) is 0 Å². The van der Waals surface area contributed by atoms with Crippen molar-refractivity contribution in [1.82, 2.24) is 4.98 Å². The molecular weight excluding hydrogens is 304 g/mol. The Kier molecular flexibility index (Phi) is 4.82. The van der Waals surface area contributed by atoms with E-state index >= 15 is 0 Å². The molecule has 0 radical (unpaired) electrons. The van der Waals surface area contributed by atoms with Crippen molar-refractivity contribution in [2.24, 2.45) is 5.73 Å². The fourth-order valence-electron chi connectivity index (χ4n) is 2.63. The number of hydrogen-bond acceptors (Lipinski definition) is 3. The molecule has 0 fully saturated rings. The second kappa shape index (κ2) is 7.19. The lowest BCUT2D eigenvalue weighted by Crippen LogP contribution is -2.30. The van der Waals surface area contributed by atoms with E-state index in [4.69, 9.17) is 15.6 Å². The molecule has 24 heavy (non-hydrogen) atoms. The monoisotopic (exact) mass is 324 g/mol. The lowest BCUT2D eigenvalue weighted by atomic mass is 10.0. The Hall–Kier alpha value is -2.79. The van der Waals surface area contributed by atoms with Crippen molar-refractivity contribution in [1.29, 1.82) is 0 Å². The van der Waals surface area contributed by atoms with Crippen LogP contribution in [0.15, 0.2) is 54.7 Å². The molecule has 1 heterocycles. The van der Waals surface area contributed by atoms with Crippen LogP contribution in [0.5, 0.6) is 5.75 Å².